The zero-order valence-electron chi connectivity index (χ0n) is 45.9. The van der Waals surface area contributed by atoms with Gasteiger partial charge in [0.05, 0.1) is 22.1 Å². The van der Waals surface area contributed by atoms with Gasteiger partial charge in [-0.15, -0.1) is 0 Å². The van der Waals surface area contributed by atoms with Crippen LogP contribution >= 0.6 is 0 Å². The van der Waals surface area contributed by atoms with E-state index in [0.717, 1.165) is 0 Å². The smallest absolute Gasteiger partial charge is 0.0541 e. The van der Waals surface area contributed by atoms with Crippen molar-refractivity contribution in [3.63, 3.8) is 0 Å². The molecule has 0 aliphatic heterocycles. The Kier molecular flexibility index (Phi) is 13.3. The predicted molar refractivity (Wildman–Crippen MR) is 335 cm³/mol. The van der Waals surface area contributed by atoms with Crippen LogP contribution in [0.15, 0.2) is 224 Å². The van der Waals surface area contributed by atoms with Crippen LogP contribution in [0.25, 0.3) is 111 Å². The third kappa shape index (κ3) is 8.76. The Morgan fingerprint density at radius 3 is 1.21 bits per heavy atom. The second kappa shape index (κ2) is 21.0. The number of unbranched alkanes of at least 4 members (excludes halogenated alkanes) is 6. The molecule has 1 aliphatic carbocycles. The zero-order chi connectivity index (χ0) is 52.7. The summed E-state index contributed by atoms with van der Waals surface area (Å²) in [6, 6.07) is 85.2. The maximum Gasteiger partial charge on any atom is 0.0541 e. The summed E-state index contributed by atoms with van der Waals surface area (Å²) in [4.78, 5) is 0. The van der Waals surface area contributed by atoms with Gasteiger partial charge in [0.2, 0.25) is 0 Å². The molecule has 78 heavy (non-hydrogen) atoms. The number of nitrogens with zero attached hydrogens (tertiary/aromatic N) is 2. The maximum absolute atomic E-state index is 2.60. The monoisotopic (exact) mass is 1010 g/mol. The average Bonchev–Trinajstić information content (AvgIpc) is 4.34. The lowest BCUT2D eigenvalue weighted by atomic mass is 9.70. The minimum Gasteiger partial charge on any atom is -0.309 e. The quantitative estimate of drug-likeness (QED) is 0.0805. The van der Waals surface area contributed by atoms with E-state index in [9.17, 15) is 0 Å². The summed E-state index contributed by atoms with van der Waals surface area (Å²) in [5, 5.41) is 5.12. The Hall–Kier alpha value is -8.20. The molecule has 0 amide bonds. The lowest BCUT2D eigenvalue weighted by Crippen LogP contribution is -2.25. The fourth-order valence-corrected chi connectivity index (χ4v) is 13.4. The van der Waals surface area contributed by atoms with Crippen LogP contribution in [0.5, 0.6) is 0 Å². The molecule has 0 unspecified atom stereocenters. The second-order valence-corrected chi connectivity index (χ2v) is 22.6. The summed E-state index contributed by atoms with van der Waals surface area (Å²) in [5.41, 5.74) is 24.6. The first kappa shape index (κ1) is 49.4. The van der Waals surface area contributed by atoms with Crippen LogP contribution in [0.2, 0.25) is 0 Å². The summed E-state index contributed by atoms with van der Waals surface area (Å²) >= 11 is 0. The molecule has 0 N–H and O–H groups in total. The molecule has 1 aliphatic rings. The summed E-state index contributed by atoms with van der Waals surface area (Å²) in [6.45, 7) is 9.20. The molecule has 2 heteroatoms. The summed E-state index contributed by atoms with van der Waals surface area (Å²) in [7, 11) is 0. The highest BCUT2D eigenvalue weighted by Gasteiger charge is 2.42. The van der Waals surface area contributed by atoms with Gasteiger partial charge in [0.15, 0.2) is 0 Å². The topological polar surface area (TPSA) is 9.86 Å². The van der Waals surface area contributed by atoms with Gasteiger partial charge in [-0.3, -0.25) is 0 Å². The van der Waals surface area contributed by atoms with Crippen molar-refractivity contribution in [3.8, 4) is 67.0 Å². The summed E-state index contributed by atoms with van der Waals surface area (Å²) < 4.78 is 4.88. The normalized spacial score (nSPS) is 12.8. The third-order valence-electron chi connectivity index (χ3n) is 17.5. The van der Waals surface area contributed by atoms with Crippen molar-refractivity contribution in [2.75, 3.05) is 0 Å². The number of benzene rings is 10. The molecule has 0 saturated heterocycles. The van der Waals surface area contributed by atoms with Crippen LogP contribution in [0.4, 0.5) is 0 Å². The second-order valence-electron chi connectivity index (χ2n) is 22.6. The Morgan fingerprint density at radius 1 is 0.321 bits per heavy atom. The van der Waals surface area contributed by atoms with Crippen molar-refractivity contribution in [3.05, 3.63) is 241 Å². The number of aromatic nitrogens is 2. The molecule has 2 nitrogen and oxygen atoms in total. The van der Waals surface area contributed by atoms with Gasteiger partial charge in [-0.1, -0.05) is 231 Å². The number of hydrogen-bond donors (Lipinski definition) is 0. The molecule has 12 aromatic rings. The van der Waals surface area contributed by atoms with Gasteiger partial charge in [0.1, 0.15) is 0 Å². The molecule has 2 heterocycles. The molecule has 0 saturated carbocycles. The largest absolute Gasteiger partial charge is 0.309 e. The van der Waals surface area contributed by atoms with Crippen LogP contribution in [0, 0.1) is 0 Å². The number of para-hydroxylation sites is 3. The Balaban J connectivity index is 0.849. The van der Waals surface area contributed by atoms with E-state index in [0.29, 0.717) is 5.92 Å². The van der Waals surface area contributed by atoms with Crippen LogP contribution in [-0.4, -0.2) is 9.13 Å². The first-order valence-corrected chi connectivity index (χ1v) is 29.1. The highest BCUT2D eigenvalue weighted by Crippen LogP contribution is 2.56. The summed E-state index contributed by atoms with van der Waals surface area (Å²) in [5.74, 6) is 0.489. The molecular weight excluding hydrogens is 941 g/mol. The van der Waals surface area contributed by atoms with Crippen molar-refractivity contribution < 1.29 is 0 Å². The Morgan fingerprint density at radius 2 is 0.718 bits per heavy atom. The minimum absolute atomic E-state index is 0.0526. The molecule has 0 spiro atoms. The number of rotatable bonds is 17. The van der Waals surface area contributed by atoms with E-state index >= 15 is 0 Å². The lowest BCUT2D eigenvalue weighted by Gasteiger charge is -2.33. The molecule has 384 valence electrons. The van der Waals surface area contributed by atoms with Crippen molar-refractivity contribution in [2.24, 2.45) is 0 Å². The molecule has 13 rings (SSSR count). The number of fused-ring (bicyclic) bond motifs is 9. The Bertz CT molecular complexity index is 4080. The van der Waals surface area contributed by atoms with E-state index in [2.05, 4.69) is 261 Å². The first-order chi connectivity index (χ1) is 38.4. The van der Waals surface area contributed by atoms with Crippen LogP contribution in [-0.2, 0) is 5.41 Å². The van der Waals surface area contributed by atoms with Gasteiger partial charge in [-0.25, -0.2) is 0 Å². The average molecular weight is 1010 g/mol. The molecule has 10 aromatic carbocycles. The highest BCUT2D eigenvalue weighted by atomic mass is 15.0. The van der Waals surface area contributed by atoms with Gasteiger partial charge in [0, 0.05) is 38.3 Å². The minimum atomic E-state index is -0.0526. The summed E-state index contributed by atoms with van der Waals surface area (Å²) in [6.07, 6.45) is 12.4. The van der Waals surface area contributed by atoms with Gasteiger partial charge in [-0.2, -0.15) is 0 Å². The van der Waals surface area contributed by atoms with Gasteiger partial charge >= 0.3 is 0 Å². The van der Waals surface area contributed by atoms with Crippen molar-refractivity contribution >= 4 is 43.6 Å². The predicted octanol–water partition coefficient (Wildman–Crippen LogP) is 21.9. The fraction of sp³-hybridized carbons (Fsp3) is 0.211. The molecule has 2 aromatic heterocycles. The van der Waals surface area contributed by atoms with E-state index in [1.807, 2.05) is 0 Å². The molecule has 0 atom stereocenters. The molecule has 0 fully saturated rings. The van der Waals surface area contributed by atoms with Crippen LogP contribution < -0.4 is 0 Å². The molecule has 0 bridgehead atoms. The zero-order valence-corrected chi connectivity index (χ0v) is 45.9. The van der Waals surface area contributed by atoms with E-state index < -0.39 is 0 Å². The van der Waals surface area contributed by atoms with Crippen molar-refractivity contribution in [2.45, 2.75) is 103 Å². The van der Waals surface area contributed by atoms with E-state index in [-0.39, 0.29) is 5.41 Å². The van der Waals surface area contributed by atoms with Crippen LogP contribution in [0.1, 0.15) is 115 Å². The third-order valence-corrected chi connectivity index (χ3v) is 17.5. The fourth-order valence-electron chi connectivity index (χ4n) is 13.4. The van der Waals surface area contributed by atoms with E-state index in [1.165, 1.54) is 192 Å². The van der Waals surface area contributed by atoms with Crippen LogP contribution in [0.3, 0.4) is 0 Å². The van der Waals surface area contributed by atoms with E-state index in [4.69, 9.17) is 0 Å². The van der Waals surface area contributed by atoms with Crippen molar-refractivity contribution in [1.29, 1.82) is 0 Å². The SMILES string of the molecule is CCCCCCC1(CCCCCC)c2cc(-c3ccc(-n4c5ccccc5c5ccccc54)cc3)ccc2-c2ccc(-c3ccc(-n4c5ccccc5c5cc(-c6cccc(-c7cccc(C(C)C)c7)c6)ccc54)cc3)cc21. The molecular formula is C76H70N2. The van der Waals surface area contributed by atoms with Crippen molar-refractivity contribution in [1.82, 2.24) is 9.13 Å². The number of hydrogen-bond acceptors (Lipinski definition) is 0. The molecule has 0 radical (unpaired) electrons. The van der Waals surface area contributed by atoms with Gasteiger partial charge < -0.3 is 9.13 Å². The highest BCUT2D eigenvalue weighted by molar-refractivity contribution is 6.11. The first-order valence-electron chi connectivity index (χ1n) is 29.1. The van der Waals surface area contributed by atoms with Gasteiger partial charge in [-0.05, 0) is 164 Å². The standard InChI is InChI=1S/C76H70N2/c1-5-7-9-17-45-76(46-18-10-8-6-2)70-50-60(53-31-38-62(39-32-53)77-72-28-14-11-25-66(72)67-26-12-15-29-73(67)77)35-42-64(70)65-43-36-61(51-71(65)76)54-33-40-63(41-34-54)78-74-30-16-13-27-68(74)69-49-59(37-44-75(69)78)58-24-20-23-57(48-58)56-22-19-21-55(47-56)52(3)4/h11-16,19-44,47-52H,5-10,17-18,45-46H2,1-4H3. The Labute approximate surface area is 461 Å². The van der Waals surface area contributed by atoms with E-state index in [1.54, 1.807) is 0 Å². The van der Waals surface area contributed by atoms with Gasteiger partial charge in [0.25, 0.3) is 0 Å². The maximum atomic E-state index is 2.60. The lowest BCUT2D eigenvalue weighted by molar-refractivity contribution is 0.401.